The Balaban J connectivity index is 1.63. The van der Waals surface area contributed by atoms with Crippen LogP contribution in [0.3, 0.4) is 0 Å². The summed E-state index contributed by atoms with van der Waals surface area (Å²) >= 11 is 0. The molecule has 25 heavy (non-hydrogen) atoms. The van der Waals surface area contributed by atoms with Gasteiger partial charge in [-0.15, -0.1) is 0 Å². The van der Waals surface area contributed by atoms with Crippen LogP contribution in [0.1, 0.15) is 15.9 Å². The lowest BCUT2D eigenvalue weighted by Gasteiger charge is -2.35. The van der Waals surface area contributed by atoms with Crippen molar-refractivity contribution in [3.05, 3.63) is 47.8 Å². The number of hydrogen-bond acceptors (Lipinski definition) is 6. The minimum atomic E-state index is -0.00353. The van der Waals surface area contributed by atoms with E-state index in [0.717, 1.165) is 11.6 Å². The molecule has 0 unspecified atom stereocenters. The summed E-state index contributed by atoms with van der Waals surface area (Å²) in [6, 6.07) is 9.26. The van der Waals surface area contributed by atoms with Gasteiger partial charge in [0.15, 0.2) is 0 Å². The fourth-order valence-corrected chi connectivity index (χ4v) is 2.76. The second-order valence-corrected chi connectivity index (χ2v) is 6.09. The number of carbonyl (C=O) groups excluding carboxylic acids is 1. The fourth-order valence-electron chi connectivity index (χ4n) is 2.76. The summed E-state index contributed by atoms with van der Waals surface area (Å²) < 4.78 is 0. The summed E-state index contributed by atoms with van der Waals surface area (Å²) in [6.07, 6.45) is 3.27. The van der Waals surface area contributed by atoms with Crippen molar-refractivity contribution in [2.75, 3.05) is 50.1 Å². The van der Waals surface area contributed by atoms with Crippen LogP contribution in [0.4, 0.5) is 11.6 Å². The number of nitrogens with zero attached hydrogens (tertiary/aromatic N) is 6. The second kappa shape index (κ2) is 7.18. The Morgan fingerprint density at radius 1 is 1.16 bits per heavy atom. The molecule has 0 spiro atoms. The Kier molecular flexibility index (Phi) is 4.80. The largest absolute Gasteiger partial charge is 0.363 e. The number of pyridine rings is 2. The van der Waals surface area contributed by atoms with Crippen LogP contribution in [0.25, 0.3) is 0 Å². The molecule has 3 rings (SSSR count). The monoisotopic (exact) mass is 336 g/mol. The molecule has 7 nitrogen and oxygen atoms in total. The third-order valence-electron chi connectivity index (χ3n) is 4.22. The molecule has 7 heteroatoms. The van der Waals surface area contributed by atoms with Gasteiger partial charge in [-0.1, -0.05) is 0 Å². The highest BCUT2D eigenvalue weighted by Crippen LogP contribution is 2.16. The number of anilines is 2. The van der Waals surface area contributed by atoms with Gasteiger partial charge in [-0.05, 0) is 24.3 Å². The summed E-state index contributed by atoms with van der Waals surface area (Å²) in [5.41, 5.74) is 1.19. The predicted molar refractivity (Wildman–Crippen MR) is 95.6 cm³/mol. The number of aromatic nitrogens is 2. The first-order valence-corrected chi connectivity index (χ1v) is 8.12. The third-order valence-corrected chi connectivity index (χ3v) is 4.22. The molecule has 1 aliphatic rings. The topological polar surface area (TPSA) is 76.4 Å². The summed E-state index contributed by atoms with van der Waals surface area (Å²) in [4.78, 5) is 27.1. The van der Waals surface area contributed by atoms with Gasteiger partial charge in [-0.2, -0.15) is 5.26 Å². The lowest BCUT2D eigenvalue weighted by atomic mass is 10.2. The van der Waals surface area contributed by atoms with Gasteiger partial charge in [-0.25, -0.2) is 9.97 Å². The highest BCUT2D eigenvalue weighted by Gasteiger charge is 2.23. The van der Waals surface area contributed by atoms with Gasteiger partial charge in [0.1, 0.15) is 11.6 Å². The van der Waals surface area contributed by atoms with E-state index in [1.54, 1.807) is 24.5 Å². The van der Waals surface area contributed by atoms with E-state index in [1.165, 1.54) is 0 Å². The maximum atomic E-state index is 12.6. The summed E-state index contributed by atoms with van der Waals surface area (Å²) in [5.74, 6) is 1.60. The molecular formula is C18H20N6O. The van der Waals surface area contributed by atoms with E-state index in [4.69, 9.17) is 5.26 Å². The van der Waals surface area contributed by atoms with E-state index >= 15 is 0 Å². The maximum Gasteiger partial charge on any atom is 0.255 e. The van der Waals surface area contributed by atoms with E-state index in [2.05, 4.69) is 20.9 Å². The van der Waals surface area contributed by atoms with E-state index in [9.17, 15) is 4.79 Å². The first-order valence-electron chi connectivity index (χ1n) is 8.12. The molecule has 3 heterocycles. The van der Waals surface area contributed by atoms with Crippen molar-refractivity contribution >= 4 is 17.5 Å². The van der Waals surface area contributed by atoms with Crippen molar-refractivity contribution in [3.8, 4) is 6.07 Å². The molecular weight excluding hydrogens is 316 g/mol. The molecule has 0 aliphatic carbocycles. The Bertz CT molecular complexity index is 788. The highest BCUT2D eigenvalue weighted by atomic mass is 16.2. The van der Waals surface area contributed by atoms with Crippen LogP contribution >= 0.6 is 0 Å². The molecule has 2 aromatic heterocycles. The molecule has 1 aliphatic heterocycles. The summed E-state index contributed by atoms with van der Waals surface area (Å²) in [6.45, 7) is 2.62. The van der Waals surface area contributed by atoms with Gasteiger partial charge >= 0.3 is 0 Å². The van der Waals surface area contributed by atoms with Crippen molar-refractivity contribution in [2.24, 2.45) is 0 Å². The predicted octanol–water partition coefficient (Wildman–Crippen LogP) is 1.38. The Labute approximate surface area is 147 Å². The zero-order chi connectivity index (χ0) is 17.8. The zero-order valence-electron chi connectivity index (χ0n) is 14.4. The number of amides is 1. The van der Waals surface area contributed by atoms with Gasteiger partial charge in [0, 0.05) is 52.7 Å². The lowest BCUT2D eigenvalue weighted by Crippen LogP contribution is -2.49. The summed E-state index contributed by atoms with van der Waals surface area (Å²) in [5, 5.41) is 9.00. The van der Waals surface area contributed by atoms with E-state index < -0.39 is 0 Å². The first-order chi connectivity index (χ1) is 12.1. The van der Waals surface area contributed by atoms with Gasteiger partial charge in [-0.3, -0.25) is 4.79 Å². The first kappa shape index (κ1) is 16.7. The van der Waals surface area contributed by atoms with Gasteiger partial charge in [0.25, 0.3) is 5.91 Å². The van der Waals surface area contributed by atoms with Crippen molar-refractivity contribution in [2.45, 2.75) is 0 Å². The van der Waals surface area contributed by atoms with Crippen LogP contribution in [0.5, 0.6) is 0 Å². The molecule has 1 saturated heterocycles. The normalized spacial score (nSPS) is 14.1. The van der Waals surface area contributed by atoms with Crippen molar-refractivity contribution in [3.63, 3.8) is 0 Å². The highest BCUT2D eigenvalue weighted by molar-refractivity contribution is 5.94. The molecule has 2 aromatic rings. The minimum Gasteiger partial charge on any atom is -0.363 e. The van der Waals surface area contributed by atoms with Gasteiger partial charge < -0.3 is 14.7 Å². The molecule has 0 saturated carbocycles. The fraction of sp³-hybridized carbons (Fsp3) is 0.333. The zero-order valence-corrected chi connectivity index (χ0v) is 14.4. The second-order valence-electron chi connectivity index (χ2n) is 6.09. The quantitative estimate of drug-likeness (QED) is 0.843. The summed E-state index contributed by atoms with van der Waals surface area (Å²) in [7, 11) is 3.83. The van der Waals surface area contributed by atoms with Crippen molar-refractivity contribution in [1.29, 1.82) is 5.26 Å². The Morgan fingerprint density at radius 2 is 1.92 bits per heavy atom. The number of nitriles is 1. The average molecular weight is 336 g/mol. The Morgan fingerprint density at radius 3 is 2.52 bits per heavy atom. The number of carbonyl (C=O) groups is 1. The smallest absolute Gasteiger partial charge is 0.255 e. The molecule has 0 atom stereocenters. The standard InChI is InChI=1S/C18H20N6O/c1-22(2)16-4-3-15(13-21-16)18(25)24-9-7-23(8-10-24)17-11-14(12-19)5-6-20-17/h3-6,11,13H,7-10H2,1-2H3. The van der Waals surface area contributed by atoms with E-state index in [0.29, 0.717) is 37.3 Å². The van der Waals surface area contributed by atoms with E-state index in [-0.39, 0.29) is 5.91 Å². The van der Waals surface area contributed by atoms with E-state index in [1.807, 2.05) is 36.0 Å². The van der Waals surface area contributed by atoms with Crippen LogP contribution in [0, 0.1) is 11.3 Å². The SMILES string of the molecule is CN(C)c1ccc(C(=O)N2CCN(c3cc(C#N)ccn3)CC2)cn1. The van der Waals surface area contributed by atoms with Crippen LogP contribution < -0.4 is 9.80 Å². The minimum absolute atomic E-state index is 0.00353. The van der Waals surface area contributed by atoms with Crippen LogP contribution in [0.15, 0.2) is 36.7 Å². The van der Waals surface area contributed by atoms with Crippen molar-refractivity contribution < 1.29 is 4.79 Å². The molecule has 0 bridgehead atoms. The molecule has 0 N–H and O–H groups in total. The number of rotatable bonds is 3. The number of hydrogen-bond donors (Lipinski definition) is 0. The average Bonchev–Trinajstić information content (AvgIpc) is 2.67. The van der Waals surface area contributed by atoms with Crippen molar-refractivity contribution in [1.82, 2.24) is 14.9 Å². The molecule has 1 amide bonds. The third kappa shape index (κ3) is 3.69. The Hall–Kier alpha value is -3.14. The molecule has 0 radical (unpaired) electrons. The van der Waals surface area contributed by atoms with Crippen LogP contribution in [-0.2, 0) is 0 Å². The molecule has 128 valence electrons. The van der Waals surface area contributed by atoms with Gasteiger partial charge in [0.05, 0.1) is 17.2 Å². The molecule has 1 fully saturated rings. The van der Waals surface area contributed by atoms with Crippen LogP contribution in [-0.4, -0.2) is 61.0 Å². The lowest BCUT2D eigenvalue weighted by molar-refractivity contribution is 0.0746. The molecule has 0 aromatic carbocycles. The van der Waals surface area contributed by atoms with Crippen LogP contribution in [0.2, 0.25) is 0 Å². The number of piperazine rings is 1. The maximum absolute atomic E-state index is 12.6. The van der Waals surface area contributed by atoms with Gasteiger partial charge in [0.2, 0.25) is 0 Å².